The number of carbonyl (C=O) groups is 4. The number of benzene rings is 1. The van der Waals surface area contributed by atoms with Crippen molar-refractivity contribution in [2.75, 3.05) is 150 Å². The third-order valence-electron chi connectivity index (χ3n) is 6.22. The SMILES string of the molecule is CCOC(=O)N(C)CCOC.CNCCOC.COCCN(C)C(=O)OC.COCCN(C)C(=O)OC(C)(C)C.COCCN(C)C(=O)c1ccccc1. The molecule has 0 atom stereocenters. The van der Waals surface area contributed by atoms with Gasteiger partial charge in [0.15, 0.2) is 0 Å². The lowest BCUT2D eigenvalue weighted by Crippen LogP contribution is -2.35. The topological polar surface area (TPSA) is 167 Å². The summed E-state index contributed by atoms with van der Waals surface area (Å²) in [6.45, 7) is 13.9. The summed E-state index contributed by atoms with van der Waals surface area (Å²) in [5.41, 5.74) is 0.282. The van der Waals surface area contributed by atoms with Crippen molar-refractivity contribution in [1.82, 2.24) is 24.9 Å². The van der Waals surface area contributed by atoms with Crippen LogP contribution in [0.2, 0.25) is 0 Å². The normalized spacial score (nSPS) is 9.83. The van der Waals surface area contributed by atoms with Crippen molar-refractivity contribution in [3.8, 4) is 0 Å². The van der Waals surface area contributed by atoms with E-state index in [2.05, 4.69) is 10.1 Å². The van der Waals surface area contributed by atoms with E-state index in [1.165, 1.54) is 21.8 Å². The summed E-state index contributed by atoms with van der Waals surface area (Å²) >= 11 is 0. The second-order valence-electron chi connectivity index (χ2n) is 12.1. The van der Waals surface area contributed by atoms with Crippen LogP contribution >= 0.6 is 0 Å². The first-order valence-corrected chi connectivity index (χ1v) is 17.5. The molecular weight excluding hydrogens is 706 g/mol. The first-order valence-electron chi connectivity index (χ1n) is 17.5. The highest BCUT2D eigenvalue weighted by atomic mass is 16.6. The fourth-order valence-corrected chi connectivity index (χ4v) is 3.02. The predicted octanol–water partition coefficient (Wildman–Crippen LogP) is 3.81. The fourth-order valence-electron chi connectivity index (χ4n) is 3.02. The van der Waals surface area contributed by atoms with E-state index < -0.39 is 5.60 Å². The Morgan fingerprint density at radius 3 is 1.31 bits per heavy atom. The molecule has 0 saturated heterocycles. The monoisotopic (exact) mass is 780 g/mol. The van der Waals surface area contributed by atoms with Crippen molar-refractivity contribution >= 4 is 24.2 Å². The van der Waals surface area contributed by atoms with Crippen molar-refractivity contribution in [2.45, 2.75) is 33.3 Å². The first kappa shape index (κ1) is 57.0. The molecule has 0 heterocycles. The molecule has 54 heavy (non-hydrogen) atoms. The van der Waals surface area contributed by atoms with Gasteiger partial charge in [0.05, 0.1) is 46.8 Å². The van der Waals surface area contributed by atoms with E-state index >= 15 is 0 Å². The lowest BCUT2D eigenvalue weighted by atomic mass is 10.2. The molecule has 0 spiro atoms. The third kappa shape index (κ3) is 38.0. The molecule has 17 heteroatoms. The number of carbonyl (C=O) groups excluding carboxylic acids is 4. The molecule has 1 rings (SSSR count). The average molecular weight is 780 g/mol. The van der Waals surface area contributed by atoms with Crippen LogP contribution in [0.15, 0.2) is 30.3 Å². The molecule has 0 saturated carbocycles. The van der Waals surface area contributed by atoms with E-state index in [-0.39, 0.29) is 24.2 Å². The van der Waals surface area contributed by atoms with Crippen LogP contribution in [0.3, 0.4) is 0 Å². The number of hydrogen-bond donors (Lipinski definition) is 1. The van der Waals surface area contributed by atoms with Gasteiger partial charge in [-0.2, -0.15) is 0 Å². The number of ether oxygens (including phenoxy) is 8. The van der Waals surface area contributed by atoms with Gasteiger partial charge < -0.3 is 62.8 Å². The fraction of sp³-hybridized carbons (Fsp3) is 0.730. The summed E-state index contributed by atoms with van der Waals surface area (Å²) in [7, 11) is 18.2. The van der Waals surface area contributed by atoms with Crippen molar-refractivity contribution in [1.29, 1.82) is 0 Å². The van der Waals surface area contributed by atoms with Gasteiger partial charge in [0.25, 0.3) is 5.91 Å². The Morgan fingerprint density at radius 2 is 0.981 bits per heavy atom. The number of nitrogens with zero attached hydrogens (tertiary/aromatic N) is 4. The summed E-state index contributed by atoms with van der Waals surface area (Å²) in [6, 6.07) is 9.23. The minimum Gasteiger partial charge on any atom is -0.453 e. The van der Waals surface area contributed by atoms with Crippen molar-refractivity contribution in [3.63, 3.8) is 0 Å². The maximum Gasteiger partial charge on any atom is 0.410 e. The Balaban J connectivity index is -0.000000296. The van der Waals surface area contributed by atoms with Gasteiger partial charge in [-0.15, -0.1) is 0 Å². The van der Waals surface area contributed by atoms with Gasteiger partial charge in [0.1, 0.15) is 5.60 Å². The van der Waals surface area contributed by atoms with Gasteiger partial charge in [-0.3, -0.25) is 4.79 Å². The van der Waals surface area contributed by atoms with Crippen LogP contribution in [-0.2, 0) is 37.9 Å². The van der Waals surface area contributed by atoms with Gasteiger partial charge in [0, 0.05) is 102 Å². The predicted molar refractivity (Wildman–Crippen MR) is 210 cm³/mol. The van der Waals surface area contributed by atoms with E-state index in [0.717, 1.165) is 13.2 Å². The molecule has 0 radical (unpaired) electrons. The number of rotatable bonds is 17. The van der Waals surface area contributed by atoms with Gasteiger partial charge in [-0.1, -0.05) is 18.2 Å². The third-order valence-corrected chi connectivity index (χ3v) is 6.22. The number of nitrogens with one attached hydrogen (secondary N) is 1. The minimum absolute atomic E-state index is 0.0302. The van der Waals surface area contributed by atoms with Crippen LogP contribution in [0.25, 0.3) is 0 Å². The number of hydrogen-bond acceptors (Lipinski definition) is 13. The van der Waals surface area contributed by atoms with Crippen molar-refractivity contribution in [3.05, 3.63) is 35.9 Å². The minimum atomic E-state index is -0.432. The quantitative estimate of drug-likeness (QED) is 0.179. The highest BCUT2D eigenvalue weighted by Crippen LogP contribution is 2.08. The number of methoxy groups -OCH3 is 6. The maximum atomic E-state index is 11.7. The molecule has 0 aliphatic rings. The smallest absolute Gasteiger partial charge is 0.410 e. The van der Waals surface area contributed by atoms with Crippen LogP contribution < -0.4 is 5.32 Å². The Morgan fingerprint density at radius 1 is 0.593 bits per heavy atom. The molecule has 1 aromatic carbocycles. The summed E-state index contributed by atoms with van der Waals surface area (Å²) in [6.07, 6.45) is -0.953. The zero-order valence-corrected chi connectivity index (χ0v) is 35.9. The van der Waals surface area contributed by atoms with Gasteiger partial charge in [-0.05, 0) is 46.9 Å². The van der Waals surface area contributed by atoms with Crippen LogP contribution in [0.5, 0.6) is 0 Å². The molecule has 0 unspecified atom stereocenters. The lowest BCUT2D eigenvalue weighted by molar-refractivity contribution is 0.0256. The van der Waals surface area contributed by atoms with Crippen LogP contribution in [0.4, 0.5) is 14.4 Å². The van der Waals surface area contributed by atoms with Crippen LogP contribution in [0, 0.1) is 0 Å². The Hall–Kier alpha value is -3.74. The second-order valence-corrected chi connectivity index (χ2v) is 12.1. The number of amides is 4. The Kier molecular flexibility index (Phi) is 41.1. The zero-order valence-electron chi connectivity index (χ0n) is 35.9. The van der Waals surface area contributed by atoms with E-state index in [1.54, 1.807) is 75.6 Å². The molecule has 0 bridgehead atoms. The molecule has 0 aliphatic heterocycles. The summed E-state index contributed by atoms with van der Waals surface area (Å²) in [4.78, 5) is 50.7. The second kappa shape index (κ2) is 39.0. The maximum absolute atomic E-state index is 11.7. The Labute approximate surface area is 325 Å². The molecule has 1 N–H and O–H groups in total. The van der Waals surface area contributed by atoms with Gasteiger partial charge >= 0.3 is 18.3 Å². The van der Waals surface area contributed by atoms with E-state index in [0.29, 0.717) is 64.8 Å². The van der Waals surface area contributed by atoms with Crippen LogP contribution in [-0.4, -0.2) is 200 Å². The Bertz CT molecular complexity index is 1030. The summed E-state index contributed by atoms with van der Waals surface area (Å²) in [5.74, 6) is 0.0302. The molecule has 0 aliphatic carbocycles. The first-order chi connectivity index (χ1) is 25.5. The van der Waals surface area contributed by atoms with E-state index in [9.17, 15) is 19.2 Å². The molecule has 17 nitrogen and oxygen atoms in total. The molecule has 0 aromatic heterocycles. The lowest BCUT2D eigenvalue weighted by Gasteiger charge is -2.24. The average Bonchev–Trinajstić information content (AvgIpc) is 3.16. The van der Waals surface area contributed by atoms with E-state index in [4.69, 9.17) is 33.2 Å². The summed E-state index contributed by atoms with van der Waals surface area (Å²) in [5, 5.41) is 2.94. The van der Waals surface area contributed by atoms with Crippen molar-refractivity contribution < 1.29 is 57.1 Å². The highest BCUT2D eigenvalue weighted by molar-refractivity contribution is 5.93. The largest absolute Gasteiger partial charge is 0.453 e. The molecular formula is C37H73N5O12. The summed E-state index contributed by atoms with van der Waals surface area (Å²) < 4.78 is 38.3. The number of likely N-dealkylation sites (N-methyl/N-ethyl adjacent to an activating group) is 5. The zero-order chi connectivity index (χ0) is 42.4. The van der Waals surface area contributed by atoms with Gasteiger partial charge in [-0.25, -0.2) is 14.4 Å². The van der Waals surface area contributed by atoms with Gasteiger partial charge in [0.2, 0.25) is 0 Å². The van der Waals surface area contributed by atoms with Crippen molar-refractivity contribution in [2.24, 2.45) is 0 Å². The molecule has 318 valence electrons. The molecule has 1 aromatic rings. The molecule has 0 fully saturated rings. The molecule has 4 amide bonds. The van der Waals surface area contributed by atoms with Crippen LogP contribution in [0.1, 0.15) is 38.1 Å². The standard InChI is InChI=1S/C11H15NO2.C9H19NO3.C7H15NO3.C6H13NO3.C4H11NO/c1-12(8-9-14-2)11(13)10-6-4-3-5-7-10;1-9(2,3)13-8(11)10(4)6-7-12-5;1-4-11-7(9)8(2)5-6-10-3;1-7(4-5-9-2)6(8)10-3;1-5-3-4-6-2/h3-7H,8-9H2,1-2H3;6-7H2,1-5H3;4-6H2,1-3H3;4-5H2,1-3H3;5H,3-4H2,1-2H3. The highest BCUT2D eigenvalue weighted by Gasteiger charge is 2.19. The van der Waals surface area contributed by atoms with E-state index in [1.807, 2.05) is 58.2 Å².